The molecule has 1 amide bonds. The largest absolute Gasteiger partial charge is 0.491 e. The smallest absolute Gasteiger partial charge is 0.243 e. The van der Waals surface area contributed by atoms with Crippen LogP contribution in [-0.2, 0) is 27.8 Å². The molecule has 1 atom stereocenters. The quantitative estimate of drug-likeness (QED) is 0.222. The van der Waals surface area contributed by atoms with Gasteiger partial charge in [0.05, 0.1) is 30.3 Å². The van der Waals surface area contributed by atoms with E-state index in [1.165, 1.54) is 35.4 Å². The van der Waals surface area contributed by atoms with Gasteiger partial charge in [-0.25, -0.2) is 8.42 Å². The molecule has 0 radical (unpaired) electrons. The van der Waals surface area contributed by atoms with E-state index in [-0.39, 0.29) is 36.5 Å². The number of furan rings is 1. The number of carbonyl (C=O) groups excluding carboxylic acids is 1. The van der Waals surface area contributed by atoms with Crippen molar-refractivity contribution in [2.24, 2.45) is 0 Å². The van der Waals surface area contributed by atoms with Crippen LogP contribution < -0.4 is 4.74 Å². The molecule has 11 heteroatoms. The van der Waals surface area contributed by atoms with Gasteiger partial charge in [0.1, 0.15) is 18.1 Å². The lowest BCUT2D eigenvalue weighted by molar-refractivity contribution is -0.135. The number of benzene rings is 2. The minimum atomic E-state index is -4.03. The number of nitrogens with zero attached hydrogens (tertiary/aromatic N) is 2. The SMILES string of the molecule is Cc1cc(OC[C@H]2c3ccsc3CCN2C(=O)CN(Cc2ccco2)S(=O)(=O)c2ccc(Cl)cc2)ccc1Cl. The Morgan fingerprint density at radius 1 is 1.15 bits per heavy atom. The fraction of sp³-hybridized carbons (Fsp3) is 0.250. The van der Waals surface area contributed by atoms with Crippen molar-refractivity contribution in [2.45, 2.75) is 30.8 Å². The molecule has 1 aliphatic rings. The lowest BCUT2D eigenvalue weighted by Gasteiger charge is -2.37. The van der Waals surface area contributed by atoms with Crippen LogP contribution in [0.15, 0.2) is 81.6 Å². The van der Waals surface area contributed by atoms with Crippen LogP contribution in [0.2, 0.25) is 10.0 Å². The Morgan fingerprint density at radius 3 is 2.67 bits per heavy atom. The number of hydrogen-bond acceptors (Lipinski definition) is 6. The second-order valence-corrected chi connectivity index (χ2v) is 13.0. The van der Waals surface area contributed by atoms with Crippen molar-refractivity contribution >= 4 is 50.5 Å². The summed E-state index contributed by atoms with van der Waals surface area (Å²) in [6.07, 6.45) is 2.16. The van der Waals surface area contributed by atoms with E-state index >= 15 is 0 Å². The van der Waals surface area contributed by atoms with Crippen molar-refractivity contribution in [2.75, 3.05) is 19.7 Å². The monoisotopic (exact) mass is 604 g/mol. The van der Waals surface area contributed by atoms with Crippen LogP contribution in [-0.4, -0.2) is 43.2 Å². The van der Waals surface area contributed by atoms with Gasteiger partial charge in [-0.15, -0.1) is 11.3 Å². The first-order chi connectivity index (χ1) is 18.7. The molecule has 0 spiro atoms. The predicted molar refractivity (Wildman–Crippen MR) is 152 cm³/mol. The molecule has 204 valence electrons. The topological polar surface area (TPSA) is 80.1 Å². The Labute approximate surface area is 241 Å². The van der Waals surface area contributed by atoms with Gasteiger partial charge in [0.25, 0.3) is 0 Å². The third-order valence-electron chi connectivity index (χ3n) is 6.63. The molecular formula is C28H26Cl2N2O5S2. The molecule has 2 aromatic heterocycles. The molecule has 0 saturated carbocycles. The second kappa shape index (κ2) is 11.7. The molecule has 0 N–H and O–H groups in total. The van der Waals surface area contributed by atoms with E-state index < -0.39 is 10.0 Å². The van der Waals surface area contributed by atoms with E-state index in [0.717, 1.165) is 15.4 Å². The number of rotatable bonds is 9. The summed E-state index contributed by atoms with van der Waals surface area (Å²) in [6, 6.07) is 16.3. The summed E-state index contributed by atoms with van der Waals surface area (Å²) in [5, 5.41) is 3.07. The predicted octanol–water partition coefficient (Wildman–Crippen LogP) is 6.35. The molecule has 0 saturated heterocycles. The molecule has 0 bridgehead atoms. The molecule has 0 fully saturated rings. The van der Waals surface area contributed by atoms with Crippen molar-refractivity contribution in [3.05, 3.63) is 104 Å². The van der Waals surface area contributed by atoms with Crippen molar-refractivity contribution in [3.8, 4) is 5.75 Å². The van der Waals surface area contributed by atoms with Gasteiger partial charge in [0.15, 0.2) is 0 Å². The van der Waals surface area contributed by atoms with E-state index in [1.807, 2.05) is 24.4 Å². The van der Waals surface area contributed by atoms with E-state index in [0.29, 0.717) is 34.5 Å². The van der Waals surface area contributed by atoms with E-state index in [4.69, 9.17) is 32.4 Å². The van der Waals surface area contributed by atoms with E-state index in [9.17, 15) is 13.2 Å². The number of fused-ring (bicyclic) bond motifs is 1. The van der Waals surface area contributed by atoms with Crippen LogP contribution in [0, 0.1) is 6.92 Å². The lowest BCUT2D eigenvalue weighted by Crippen LogP contribution is -2.47. The number of ether oxygens (including phenoxy) is 1. The average Bonchev–Trinajstić information content (AvgIpc) is 3.61. The Bertz CT molecular complexity index is 1550. The van der Waals surface area contributed by atoms with Crippen LogP contribution in [0.3, 0.4) is 0 Å². The van der Waals surface area contributed by atoms with Gasteiger partial charge in [-0.1, -0.05) is 23.2 Å². The van der Waals surface area contributed by atoms with Crippen LogP contribution in [0.4, 0.5) is 0 Å². The highest BCUT2D eigenvalue weighted by Crippen LogP contribution is 2.35. The summed E-state index contributed by atoms with van der Waals surface area (Å²) in [7, 11) is -4.03. The van der Waals surface area contributed by atoms with Crippen molar-refractivity contribution in [1.82, 2.24) is 9.21 Å². The Kier molecular flexibility index (Phi) is 8.35. The van der Waals surface area contributed by atoms with Crippen molar-refractivity contribution in [1.29, 1.82) is 0 Å². The zero-order valence-corrected chi connectivity index (χ0v) is 24.2. The Hall–Kier alpha value is -2.82. The number of thiophene rings is 1. The van der Waals surface area contributed by atoms with Crippen LogP contribution >= 0.6 is 34.5 Å². The molecule has 3 heterocycles. The number of halogens is 2. The summed E-state index contributed by atoms with van der Waals surface area (Å²) < 4.78 is 39.9. The van der Waals surface area contributed by atoms with Crippen molar-refractivity contribution < 1.29 is 22.4 Å². The molecule has 0 aliphatic carbocycles. The minimum Gasteiger partial charge on any atom is -0.491 e. The number of aryl methyl sites for hydroxylation is 1. The number of hydrogen-bond donors (Lipinski definition) is 0. The fourth-order valence-corrected chi connectivity index (χ4v) is 7.08. The molecule has 39 heavy (non-hydrogen) atoms. The molecule has 7 nitrogen and oxygen atoms in total. The van der Waals surface area contributed by atoms with Crippen LogP contribution in [0.25, 0.3) is 0 Å². The summed E-state index contributed by atoms with van der Waals surface area (Å²) in [6.45, 7) is 2.12. The second-order valence-electron chi connectivity index (χ2n) is 9.18. The third-order valence-corrected chi connectivity index (χ3v) is 10.1. The average molecular weight is 606 g/mol. The van der Waals surface area contributed by atoms with Gasteiger partial charge in [-0.3, -0.25) is 4.79 Å². The first kappa shape index (κ1) is 27.7. The zero-order valence-electron chi connectivity index (χ0n) is 21.0. The normalized spacial score (nSPS) is 15.4. The number of sulfonamides is 1. The summed E-state index contributed by atoms with van der Waals surface area (Å²) in [5.41, 5.74) is 1.91. The van der Waals surface area contributed by atoms with Gasteiger partial charge < -0.3 is 14.1 Å². The van der Waals surface area contributed by atoms with Gasteiger partial charge in [-0.2, -0.15) is 4.31 Å². The highest BCUT2D eigenvalue weighted by molar-refractivity contribution is 7.89. The molecular weight excluding hydrogens is 579 g/mol. The molecule has 5 rings (SSSR count). The standard InChI is InChI=1S/C28H26Cl2N2O5S2/c1-19-15-21(6-9-25(19)30)37-18-26-24-11-14-38-27(24)10-12-32(26)28(33)17-31(16-22-3-2-13-36-22)39(34,35)23-7-4-20(29)5-8-23/h2-9,11,13-15,26H,10,12,16-18H2,1H3/t26-/m0/s1. The molecule has 0 unspecified atom stereocenters. The maximum absolute atomic E-state index is 13.8. The maximum atomic E-state index is 13.8. The first-order valence-electron chi connectivity index (χ1n) is 12.2. The van der Waals surface area contributed by atoms with Crippen LogP contribution in [0.5, 0.6) is 5.75 Å². The summed E-state index contributed by atoms with van der Waals surface area (Å²) in [5.74, 6) is 0.755. The fourth-order valence-electron chi connectivity index (χ4n) is 4.56. The van der Waals surface area contributed by atoms with Gasteiger partial charge in [0.2, 0.25) is 15.9 Å². The number of carbonyl (C=O) groups is 1. The summed E-state index contributed by atoms with van der Waals surface area (Å²) >= 11 is 13.8. The van der Waals surface area contributed by atoms with E-state index in [1.54, 1.807) is 40.5 Å². The molecule has 2 aromatic carbocycles. The maximum Gasteiger partial charge on any atom is 0.243 e. The van der Waals surface area contributed by atoms with Gasteiger partial charge >= 0.3 is 0 Å². The van der Waals surface area contributed by atoms with Crippen molar-refractivity contribution in [3.63, 3.8) is 0 Å². The minimum absolute atomic E-state index is 0.0445. The molecule has 4 aromatic rings. The highest BCUT2D eigenvalue weighted by atomic mass is 35.5. The Morgan fingerprint density at radius 2 is 1.95 bits per heavy atom. The van der Waals surface area contributed by atoms with E-state index in [2.05, 4.69) is 0 Å². The first-order valence-corrected chi connectivity index (χ1v) is 15.3. The zero-order chi connectivity index (χ0) is 27.6. The third kappa shape index (κ3) is 6.18. The summed E-state index contributed by atoms with van der Waals surface area (Å²) in [4.78, 5) is 16.8. The van der Waals surface area contributed by atoms with Gasteiger partial charge in [-0.05, 0) is 90.5 Å². The lowest BCUT2D eigenvalue weighted by atomic mass is 10.0. The van der Waals surface area contributed by atoms with Crippen LogP contribution in [0.1, 0.15) is 27.8 Å². The Balaban J connectivity index is 1.41. The molecule has 1 aliphatic heterocycles. The highest BCUT2D eigenvalue weighted by Gasteiger charge is 2.35. The van der Waals surface area contributed by atoms with Gasteiger partial charge in [0, 0.05) is 21.5 Å². The number of amides is 1.